The molecule has 0 atom stereocenters. The van der Waals surface area contributed by atoms with E-state index in [0.29, 0.717) is 17.0 Å². The van der Waals surface area contributed by atoms with Gasteiger partial charge >= 0.3 is 6.18 Å². The molecular formula is C26H25F3N6O2. The molecule has 0 unspecified atom stereocenters. The highest BCUT2D eigenvalue weighted by Gasteiger charge is 2.31. The van der Waals surface area contributed by atoms with Crippen molar-refractivity contribution >= 4 is 23.1 Å². The molecule has 37 heavy (non-hydrogen) atoms. The van der Waals surface area contributed by atoms with Crippen molar-refractivity contribution in [2.75, 3.05) is 18.2 Å². The van der Waals surface area contributed by atoms with Gasteiger partial charge < -0.3 is 15.8 Å². The maximum Gasteiger partial charge on any atom is 0.416 e. The Hall–Kier alpha value is -3.99. The fraction of sp³-hybridized carbons (Fsp3) is 0.308. The number of alkyl halides is 3. The second-order valence-electron chi connectivity index (χ2n) is 9.02. The number of methoxy groups -OCH3 is 1. The minimum Gasteiger partial charge on any atom is -0.382 e. The molecule has 0 saturated heterocycles. The maximum atomic E-state index is 13.0. The van der Waals surface area contributed by atoms with E-state index < -0.39 is 17.6 Å². The van der Waals surface area contributed by atoms with E-state index in [4.69, 9.17) is 15.5 Å². The number of nitrogens with zero attached hydrogens (tertiary/aromatic N) is 4. The van der Waals surface area contributed by atoms with Crippen LogP contribution in [0.3, 0.4) is 0 Å². The van der Waals surface area contributed by atoms with Crippen LogP contribution in [0.1, 0.15) is 53.3 Å². The lowest BCUT2D eigenvalue weighted by Crippen LogP contribution is -2.20. The molecule has 1 aromatic carbocycles. The Kier molecular flexibility index (Phi) is 6.55. The van der Waals surface area contributed by atoms with E-state index >= 15 is 0 Å². The van der Waals surface area contributed by atoms with E-state index in [-0.39, 0.29) is 23.4 Å². The Morgan fingerprint density at radius 1 is 1.08 bits per heavy atom. The number of hydrogen-bond acceptors (Lipinski definition) is 6. The number of imidazole rings is 1. The van der Waals surface area contributed by atoms with Crippen LogP contribution in [0.4, 0.5) is 24.8 Å². The van der Waals surface area contributed by atoms with Crippen LogP contribution in [0.5, 0.6) is 0 Å². The van der Waals surface area contributed by atoms with Crippen molar-refractivity contribution < 1.29 is 22.7 Å². The zero-order valence-corrected chi connectivity index (χ0v) is 20.0. The van der Waals surface area contributed by atoms with Crippen LogP contribution in [0.15, 0.2) is 55.0 Å². The van der Waals surface area contributed by atoms with E-state index in [2.05, 4.69) is 15.3 Å². The number of nitrogens with two attached hydrogens (primary N) is 1. The van der Waals surface area contributed by atoms with Gasteiger partial charge in [0.25, 0.3) is 5.91 Å². The molecule has 1 aliphatic carbocycles. The predicted octanol–water partition coefficient (Wildman–Crippen LogP) is 5.32. The molecule has 0 bridgehead atoms. The van der Waals surface area contributed by atoms with Crippen molar-refractivity contribution in [3.05, 3.63) is 71.9 Å². The van der Waals surface area contributed by atoms with Crippen LogP contribution in [0.25, 0.3) is 16.8 Å². The highest BCUT2D eigenvalue weighted by atomic mass is 19.4. The summed E-state index contributed by atoms with van der Waals surface area (Å²) >= 11 is 0. The van der Waals surface area contributed by atoms with Gasteiger partial charge in [-0.05, 0) is 49.9 Å². The fourth-order valence-electron chi connectivity index (χ4n) is 4.78. The topological polar surface area (TPSA) is 107 Å². The number of nitrogen functional groups attached to an aromatic ring is 1. The zero-order chi connectivity index (χ0) is 26.2. The van der Waals surface area contributed by atoms with E-state index in [1.54, 1.807) is 37.6 Å². The molecule has 1 fully saturated rings. The van der Waals surface area contributed by atoms with Crippen LogP contribution < -0.4 is 11.1 Å². The molecular weight excluding hydrogens is 485 g/mol. The van der Waals surface area contributed by atoms with Gasteiger partial charge in [-0.1, -0.05) is 12.1 Å². The first-order valence-electron chi connectivity index (χ1n) is 11.8. The second-order valence-corrected chi connectivity index (χ2v) is 9.02. The Labute approximate surface area is 210 Å². The average molecular weight is 511 g/mol. The predicted molar refractivity (Wildman–Crippen MR) is 132 cm³/mol. The minimum absolute atomic E-state index is 0.185. The standard InChI is InChI=1S/C26H25F3N6O2/c1-37-19-8-6-16(7-9-19)24-34-21(22-23(30)32-12-13-35(22)24)15-2-4-17(5-3-15)25(36)33-20-14-18(10-11-31-20)26(27,28)29/h2-5,10-14,16,19H,6-9H2,1H3,(H2,30,32)(H,31,33,36). The van der Waals surface area contributed by atoms with Gasteiger partial charge in [-0.3, -0.25) is 9.20 Å². The van der Waals surface area contributed by atoms with Gasteiger partial charge in [0.05, 0.1) is 11.7 Å². The van der Waals surface area contributed by atoms with Gasteiger partial charge in [0, 0.05) is 42.7 Å². The first kappa shape index (κ1) is 24.7. The second kappa shape index (κ2) is 9.81. The SMILES string of the molecule is COC1CCC(c2nc(-c3ccc(C(=O)Nc4cc(C(F)(F)F)ccn4)cc3)c3c(N)nccn23)CC1. The number of rotatable bonds is 5. The summed E-state index contributed by atoms with van der Waals surface area (Å²) in [5.41, 5.74) is 7.70. The normalized spacial score (nSPS) is 18.2. The minimum atomic E-state index is -4.53. The van der Waals surface area contributed by atoms with Crippen molar-refractivity contribution in [3.63, 3.8) is 0 Å². The zero-order valence-electron chi connectivity index (χ0n) is 20.0. The average Bonchev–Trinajstić information content (AvgIpc) is 3.29. The molecule has 3 aromatic heterocycles. The highest BCUT2D eigenvalue weighted by molar-refractivity contribution is 6.04. The number of carbonyl (C=O) groups is 1. The third-order valence-corrected chi connectivity index (χ3v) is 6.73. The molecule has 1 aliphatic rings. The first-order valence-corrected chi connectivity index (χ1v) is 11.8. The van der Waals surface area contributed by atoms with E-state index in [1.807, 2.05) is 10.6 Å². The van der Waals surface area contributed by atoms with Crippen LogP contribution >= 0.6 is 0 Å². The van der Waals surface area contributed by atoms with Crippen LogP contribution in [0.2, 0.25) is 0 Å². The molecule has 11 heteroatoms. The molecule has 8 nitrogen and oxygen atoms in total. The number of fused-ring (bicyclic) bond motifs is 1. The smallest absolute Gasteiger partial charge is 0.382 e. The fourth-order valence-corrected chi connectivity index (χ4v) is 4.78. The van der Waals surface area contributed by atoms with Crippen molar-refractivity contribution in [1.82, 2.24) is 19.4 Å². The molecule has 0 spiro atoms. The van der Waals surface area contributed by atoms with Crippen molar-refractivity contribution in [2.45, 2.75) is 43.9 Å². The summed E-state index contributed by atoms with van der Waals surface area (Å²) in [7, 11) is 1.74. The summed E-state index contributed by atoms with van der Waals surface area (Å²) in [6.07, 6.45) is 4.03. The van der Waals surface area contributed by atoms with Crippen LogP contribution in [-0.4, -0.2) is 38.5 Å². The number of carbonyl (C=O) groups excluding carboxylic acids is 1. The van der Waals surface area contributed by atoms with Gasteiger partial charge in [0.1, 0.15) is 28.7 Å². The summed E-state index contributed by atoms with van der Waals surface area (Å²) < 4.78 is 46.4. The van der Waals surface area contributed by atoms with Crippen LogP contribution in [-0.2, 0) is 10.9 Å². The maximum absolute atomic E-state index is 13.0. The molecule has 4 aromatic rings. The molecule has 0 radical (unpaired) electrons. The number of amides is 1. The Morgan fingerprint density at radius 3 is 2.49 bits per heavy atom. The van der Waals surface area contributed by atoms with Gasteiger partial charge in [0.2, 0.25) is 0 Å². The van der Waals surface area contributed by atoms with Gasteiger partial charge in [-0.15, -0.1) is 0 Å². The highest BCUT2D eigenvalue weighted by Crippen LogP contribution is 2.37. The number of nitrogens with one attached hydrogen (secondary N) is 1. The third-order valence-electron chi connectivity index (χ3n) is 6.73. The Bertz CT molecular complexity index is 1430. The number of hydrogen-bond donors (Lipinski definition) is 2. The number of pyridine rings is 1. The number of anilines is 2. The Morgan fingerprint density at radius 2 is 1.81 bits per heavy atom. The summed E-state index contributed by atoms with van der Waals surface area (Å²) in [6.45, 7) is 0. The molecule has 0 aliphatic heterocycles. The monoisotopic (exact) mass is 510 g/mol. The third kappa shape index (κ3) is 4.99. The quantitative estimate of drug-likeness (QED) is 0.377. The number of ether oxygens (including phenoxy) is 1. The van der Waals surface area contributed by atoms with E-state index in [0.717, 1.165) is 55.4 Å². The molecule has 3 N–H and O–H groups in total. The molecule has 3 heterocycles. The number of aromatic nitrogens is 4. The van der Waals surface area contributed by atoms with Crippen molar-refractivity contribution in [2.24, 2.45) is 0 Å². The molecule has 5 rings (SSSR count). The molecule has 192 valence electrons. The lowest BCUT2D eigenvalue weighted by Gasteiger charge is -2.26. The van der Waals surface area contributed by atoms with Crippen LogP contribution in [0, 0.1) is 0 Å². The van der Waals surface area contributed by atoms with Crippen molar-refractivity contribution in [3.8, 4) is 11.3 Å². The van der Waals surface area contributed by atoms with E-state index in [1.165, 1.54) is 0 Å². The molecule has 1 amide bonds. The number of benzene rings is 1. The lowest BCUT2D eigenvalue weighted by atomic mass is 9.87. The largest absolute Gasteiger partial charge is 0.416 e. The molecule has 1 saturated carbocycles. The summed E-state index contributed by atoms with van der Waals surface area (Å²) in [5, 5.41) is 2.41. The Balaban J connectivity index is 1.41. The summed E-state index contributed by atoms with van der Waals surface area (Å²) in [5.74, 6) is 0.741. The summed E-state index contributed by atoms with van der Waals surface area (Å²) in [4.78, 5) is 25.7. The van der Waals surface area contributed by atoms with Gasteiger partial charge in [-0.25, -0.2) is 15.0 Å². The lowest BCUT2D eigenvalue weighted by molar-refractivity contribution is -0.137. The van der Waals surface area contributed by atoms with E-state index in [9.17, 15) is 18.0 Å². The van der Waals surface area contributed by atoms with Gasteiger partial charge in [-0.2, -0.15) is 13.2 Å². The van der Waals surface area contributed by atoms with Gasteiger partial charge in [0.15, 0.2) is 0 Å². The first-order chi connectivity index (χ1) is 17.7. The summed E-state index contributed by atoms with van der Waals surface area (Å²) in [6, 6.07) is 8.27. The number of halogens is 3. The van der Waals surface area contributed by atoms with Crippen molar-refractivity contribution in [1.29, 1.82) is 0 Å².